The molecule has 1 aliphatic carbocycles. The predicted molar refractivity (Wildman–Crippen MR) is 83.9 cm³/mol. The number of halogens is 3. The molecule has 1 N–H and O–H groups in total. The summed E-state index contributed by atoms with van der Waals surface area (Å²) in [6.45, 7) is 0. The molecule has 0 saturated heterocycles. The van der Waals surface area contributed by atoms with E-state index < -0.39 is 0 Å². The highest BCUT2D eigenvalue weighted by Gasteiger charge is 2.30. The lowest BCUT2D eigenvalue weighted by Gasteiger charge is -2.11. The maximum absolute atomic E-state index is 11.9. The van der Waals surface area contributed by atoms with Crippen LogP contribution in [0.15, 0.2) is 24.5 Å². The largest absolute Gasteiger partial charge is 0.309 e. The van der Waals surface area contributed by atoms with Crippen LogP contribution >= 0.6 is 34.8 Å². The fourth-order valence-corrected chi connectivity index (χ4v) is 2.61. The number of amides is 1. The first-order chi connectivity index (χ1) is 10.1. The third kappa shape index (κ3) is 3.12. The van der Waals surface area contributed by atoms with Crippen LogP contribution in [0.1, 0.15) is 12.8 Å². The van der Waals surface area contributed by atoms with Gasteiger partial charge in [-0.05, 0) is 25.0 Å². The molecule has 1 saturated carbocycles. The Morgan fingerprint density at radius 2 is 1.86 bits per heavy atom. The summed E-state index contributed by atoms with van der Waals surface area (Å²) in [6, 6.07) is 3.19. The molecule has 0 atom stereocenters. The van der Waals surface area contributed by atoms with Crippen LogP contribution in [-0.2, 0) is 4.79 Å². The number of benzene rings is 1. The van der Waals surface area contributed by atoms with Crippen molar-refractivity contribution < 1.29 is 4.79 Å². The number of hydrogen-bond acceptors (Lipinski definition) is 3. The van der Waals surface area contributed by atoms with Gasteiger partial charge in [0, 0.05) is 28.9 Å². The van der Waals surface area contributed by atoms with E-state index >= 15 is 0 Å². The summed E-state index contributed by atoms with van der Waals surface area (Å²) in [5.41, 5.74) is 0.981. The SMILES string of the molecule is O=C(Nc1nccnc1-c1cc(Cl)cc(Cl)c1Cl)C1CC1. The van der Waals surface area contributed by atoms with Gasteiger partial charge >= 0.3 is 0 Å². The lowest BCUT2D eigenvalue weighted by Crippen LogP contribution is -2.15. The summed E-state index contributed by atoms with van der Waals surface area (Å²) < 4.78 is 0. The Balaban J connectivity index is 2.04. The van der Waals surface area contributed by atoms with Crippen molar-refractivity contribution in [3.63, 3.8) is 0 Å². The summed E-state index contributed by atoms with van der Waals surface area (Å²) in [7, 11) is 0. The highest BCUT2D eigenvalue weighted by molar-refractivity contribution is 6.45. The smallest absolute Gasteiger partial charge is 0.228 e. The molecule has 0 aliphatic heterocycles. The number of carbonyl (C=O) groups excluding carboxylic acids is 1. The average molecular weight is 343 g/mol. The van der Waals surface area contributed by atoms with Crippen molar-refractivity contribution in [2.45, 2.75) is 12.8 Å². The predicted octanol–water partition coefficient (Wildman–Crippen LogP) is 4.45. The number of hydrogen-bond donors (Lipinski definition) is 1. The van der Waals surface area contributed by atoms with Gasteiger partial charge in [0.25, 0.3) is 0 Å². The summed E-state index contributed by atoms with van der Waals surface area (Å²) in [6.07, 6.45) is 4.84. The molecular weight excluding hydrogens is 333 g/mol. The van der Waals surface area contributed by atoms with Gasteiger partial charge < -0.3 is 5.32 Å². The van der Waals surface area contributed by atoms with E-state index in [4.69, 9.17) is 34.8 Å². The zero-order chi connectivity index (χ0) is 15.0. The zero-order valence-corrected chi connectivity index (χ0v) is 13.0. The quantitative estimate of drug-likeness (QED) is 0.838. The molecule has 2 aromatic rings. The van der Waals surface area contributed by atoms with E-state index in [2.05, 4.69) is 15.3 Å². The van der Waals surface area contributed by atoms with Gasteiger partial charge in [-0.1, -0.05) is 34.8 Å². The van der Waals surface area contributed by atoms with Crippen LogP contribution in [0.5, 0.6) is 0 Å². The van der Waals surface area contributed by atoms with E-state index in [0.717, 1.165) is 12.8 Å². The monoisotopic (exact) mass is 341 g/mol. The maximum Gasteiger partial charge on any atom is 0.228 e. The molecule has 4 nitrogen and oxygen atoms in total. The summed E-state index contributed by atoms with van der Waals surface area (Å²) in [5.74, 6) is 0.369. The van der Waals surface area contributed by atoms with Crippen LogP contribution < -0.4 is 5.32 Å². The van der Waals surface area contributed by atoms with Crippen molar-refractivity contribution in [3.05, 3.63) is 39.6 Å². The Morgan fingerprint density at radius 1 is 1.14 bits per heavy atom. The molecule has 1 amide bonds. The van der Waals surface area contributed by atoms with Crippen LogP contribution in [0.4, 0.5) is 5.82 Å². The topological polar surface area (TPSA) is 54.9 Å². The van der Waals surface area contributed by atoms with E-state index in [1.807, 2.05) is 0 Å². The van der Waals surface area contributed by atoms with Crippen LogP contribution in [0.3, 0.4) is 0 Å². The third-order valence-electron chi connectivity index (χ3n) is 3.14. The van der Waals surface area contributed by atoms with Gasteiger partial charge in [0.1, 0.15) is 5.69 Å². The van der Waals surface area contributed by atoms with Crippen LogP contribution in [-0.4, -0.2) is 15.9 Å². The first kappa shape index (κ1) is 14.6. The minimum absolute atomic E-state index is 0.0546. The Labute approximate surface area is 136 Å². The Kier molecular flexibility index (Phi) is 4.02. The van der Waals surface area contributed by atoms with E-state index in [-0.39, 0.29) is 11.8 Å². The second-order valence-corrected chi connectivity index (χ2v) is 5.99. The first-order valence-electron chi connectivity index (χ1n) is 6.33. The van der Waals surface area contributed by atoms with E-state index in [0.29, 0.717) is 32.1 Å². The molecule has 1 aromatic carbocycles. The molecule has 3 rings (SSSR count). The second-order valence-electron chi connectivity index (χ2n) is 4.77. The van der Waals surface area contributed by atoms with Gasteiger partial charge in [-0.25, -0.2) is 4.98 Å². The fourth-order valence-electron chi connectivity index (χ4n) is 1.92. The van der Waals surface area contributed by atoms with Crippen molar-refractivity contribution in [2.75, 3.05) is 5.32 Å². The molecule has 0 spiro atoms. The molecule has 0 unspecified atom stereocenters. The number of anilines is 1. The van der Waals surface area contributed by atoms with Gasteiger partial charge in [-0.2, -0.15) is 0 Å². The second kappa shape index (κ2) is 5.79. The van der Waals surface area contributed by atoms with Crippen molar-refractivity contribution in [3.8, 4) is 11.3 Å². The first-order valence-corrected chi connectivity index (χ1v) is 7.46. The van der Waals surface area contributed by atoms with Crippen molar-refractivity contribution in [1.29, 1.82) is 0 Å². The Bertz CT molecular complexity index is 717. The molecule has 0 radical (unpaired) electrons. The lowest BCUT2D eigenvalue weighted by molar-refractivity contribution is -0.117. The number of carbonyl (C=O) groups is 1. The average Bonchev–Trinajstić information content (AvgIpc) is 3.28. The van der Waals surface area contributed by atoms with Crippen molar-refractivity contribution >= 4 is 46.5 Å². The Hall–Kier alpha value is -1.36. The van der Waals surface area contributed by atoms with Gasteiger partial charge in [0.2, 0.25) is 5.91 Å². The molecule has 7 heteroatoms. The molecule has 108 valence electrons. The summed E-state index contributed by atoms with van der Waals surface area (Å²) >= 11 is 18.3. The van der Waals surface area contributed by atoms with E-state index in [9.17, 15) is 4.79 Å². The van der Waals surface area contributed by atoms with Gasteiger partial charge in [0.05, 0.1) is 10.0 Å². The summed E-state index contributed by atoms with van der Waals surface area (Å²) in [5, 5.41) is 3.86. The van der Waals surface area contributed by atoms with E-state index in [1.54, 1.807) is 12.1 Å². The number of rotatable bonds is 3. The Morgan fingerprint density at radius 3 is 2.57 bits per heavy atom. The zero-order valence-electron chi connectivity index (χ0n) is 10.7. The number of nitrogens with zero attached hydrogens (tertiary/aromatic N) is 2. The molecule has 1 aliphatic rings. The van der Waals surface area contributed by atoms with Gasteiger partial charge in [-0.15, -0.1) is 0 Å². The highest BCUT2D eigenvalue weighted by atomic mass is 35.5. The lowest BCUT2D eigenvalue weighted by atomic mass is 10.1. The van der Waals surface area contributed by atoms with Crippen LogP contribution in [0, 0.1) is 5.92 Å². The van der Waals surface area contributed by atoms with Gasteiger partial charge in [0.15, 0.2) is 5.82 Å². The molecule has 1 aromatic heterocycles. The molecule has 21 heavy (non-hydrogen) atoms. The molecule has 1 fully saturated rings. The molecule has 1 heterocycles. The van der Waals surface area contributed by atoms with Crippen molar-refractivity contribution in [1.82, 2.24) is 9.97 Å². The van der Waals surface area contributed by atoms with Crippen LogP contribution in [0.25, 0.3) is 11.3 Å². The van der Waals surface area contributed by atoms with Gasteiger partial charge in [-0.3, -0.25) is 9.78 Å². The minimum Gasteiger partial charge on any atom is -0.309 e. The summed E-state index contributed by atoms with van der Waals surface area (Å²) in [4.78, 5) is 20.3. The molecule has 0 bridgehead atoms. The van der Waals surface area contributed by atoms with Crippen LogP contribution in [0.2, 0.25) is 15.1 Å². The standard InChI is InChI=1S/C14H10Cl3N3O/c15-8-5-9(11(17)10(16)6-8)12-13(19-4-3-18-12)20-14(21)7-1-2-7/h3-7H,1-2H2,(H,19,20,21). The fraction of sp³-hybridized carbons (Fsp3) is 0.214. The third-order valence-corrected chi connectivity index (χ3v) is 4.16. The minimum atomic E-state index is -0.0546. The van der Waals surface area contributed by atoms with Crippen molar-refractivity contribution in [2.24, 2.45) is 5.92 Å². The number of nitrogens with one attached hydrogen (secondary N) is 1. The van der Waals surface area contributed by atoms with E-state index in [1.165, 1.54) is 12.4 Å². The molecular formula is C14H10Cl3N3O. The highest BCUT2D eigenvalue weighted by Crippen LogP contribution is 2.38. The number of aromatic nitrogens is 2. The normalized spacial score (nSPS) is 14.0. The maximum atomic E-state index is 11.9.